The van der Waals surface area contributed by atoms with Crippen LogP contribution < -0.4 is 4.72 Å². The van der Waals surface area contributed by atoms with Crippen LogP contribution in [-0.2, 0) is 15.4 Å². The summed E-state index contributed by atoms with van der Waals surface area (Å²) in [6.45, 7) is 6.27. The molecule has 7 nitrogen and oxygen atoms in total. The van der Waals surface area contributed by atoms with Crippen LogP contribution in [0.2, 0.25) is 0 Å². The molecule has 0 bridgehead atoms. The van der Waals surface area contributed by atoms with Gasteiger partial charge in [0.05, 0.1) is 10.6 Å². The minimum Gasteiger partial charge on any atom is -0.280 e. The molecule has 0 aliphatic rings. The number of hydrogen-bond donors (Lipinski definition) is 1. The van der Waals surface area contributed by atoms with E-state index in [4.69, 9.17) is 0 Å². The lowest BCUT2D eigenvalue weighted by atomic mass is 9.87. The fourth-order valence-corrected chi connectivity index (χ4v) is 4.02. The molecule has 0 spiro atoms. The van der Waals surface area contributed by atoms with E-state index >= 15 is 0 Å². The van der Waals surface area contributed by atoms with Gasteiger partial charge in [-0.2, -0.15) is 9.61 Å². The Kier molecular flexibility index (Phi) is 4.58. The van der Waals surface area contributed by atoms with Gasteiger partial charge in [0.1, 0.15) is 6.33 Å². The molecule has 4 aromatic rings. The molecule has 2 aromatic heterocycles. The normalized spacial score (nSPS) is 12.2. The number of nitrogens with zero attached hydrogens (tertiary/aromatic N) is 4. The first-order chi connectivity index (χ1) is 13.7. The summed E-state index contributed by atoms with van der Waals surface area (Å²) in [5.41, 5.74) is 3.62. The summed E-state index contributed by atoms with van der Waals surface area (Å²) < 4.78 is 29.8. The molecule has 0 saturated heterocycles. The number of sulfonamides is 1. The molecule has 4 rings (SSSR count). The van der Waals surface area contributed by atoms with Crippen LogP contribution in [0.25, 0.3) is 16.9 Å². The molecule has 0 radical (unpaired) electrons. The lowest BCUT2D eigenvalue weighted by Crippen LogP contribution is -2.15. The first-order valence-corrected chi connectivity index (χ1v) is 10.6. The third-order valence-electron chi connectivity index (χ3n) is 4.60. The van der Waals surface area contributed by atoms with Crippen molar-refractivity contribution in [1.29, 1.82) is 0 Å². The number of anilines is 1. The van der Waals surface area contributed by atoms with Crippen molar-refractivity contribution in [3.05, 3.63) is 72.6 Å². The third kappa shape index (κ3) is 3.97. The molecule has 2 aromatic carbocycles. The maximum Gasteiger partial charge on any atom is 0.261 e. The molecule has 8 heteroatoms. The molecule has 0 atom stereocenters. The summed E-state index contributed by atoms with van der Waals surface area (Å²) >= 11 is 0. The van der Waals surface area contributed by atoms with Gasteiger partial charge in [0.25, 0.3) is 10.0 Å². The highest BCUT2D eigenvalue weighted by atomic mass is 32.2. The number of benzene rings is 2. The van der Waals surface area contributed by atoms with Gasteiger partial charge in [-0.3, -0.25) is 4.72 Å². The van der Waals surface area contributed by atoms with Crippen molar-refractivity contribution in [2.45, 2.75) is 31.1 Å². The summed E-state index contributed by atoms with van der Waals surface area (Å²) in [6, 6.07) is 17.7. The van der Waals surface area contributed by atoms with Gasteiger partial charge >= 0.3 is 0 Å². The maximum absolute atomic E-state index is 12.8. The number of fused-ring (bicyclic) bond motifs is 1. The van der Waals surface area contributed by atoms with Crippen molar-refractivity contribution in [2.24, 2.45) is 0 Å². The Balaban J connectivity index is 1.61. The summed E-state index contributed by atoms with van der Waals surface area (Å²) in [4.78, 5) is 0.222. The van der Waals surface area contributed by atoms with Crippen molar-refractivity contribution in [3.8, 4) is 11.3 Å². The quantitative estimate of drug-likeness (QED) is 0.554. The summed E-state index contributed by atoms with van der Waals surface area (Å²) in [7, 11) is -3.70. The number of rotatable bonds is 4. The summed E-state index contributed by atoms with van der Waals surface area (Å²) in [5.74, 6) is 0. The lowest BCUT2D eigenvalue weighted by molar-refractivity contribution is 0.587. The van der Waals surface area contributed by atoms with E-state index in [1.807, 2.05) is 30.3 Å². The molecule has 0 aliphatic heterocycles. The molecule has 0 amide bonds. The molecule has 0 saturated carbocycles. The van der Waals surface area contributed by atoms with Crippen LogP contribution in [0, 0.1) is 0 Å². The van der Waals surface area contributed by atoms with E-state index in [9.17, 15) is 8.42 Å². The van der Waals surface area contributed by atoms with Gasteiger partial charge in [-0.05, 0) is 47.4 Å². The number of aromatic nitrogens is 4. The second-order valence-electron chi connectivity index (χ2n) is 7.81. The van der Waals surface area contributed by atoms with Gasteiger partial charge < -0.3 is 0 Å². The van der Waals surface area contributed by atoms with Crippen molar-refractivity contribution in [3.63, 3.8) is 0 Å². The van der Waals surface area contributed by atoms with Crippen molar-refractivity contribution < 1.29 is 8.42 Å². The van der Waals surface area contributed by atoms with Gasteiger partial charge in [-0.15, -0.1) is 10.2 Å². The van der Waals surface area contributed by atoms with Gasteiger partial charge in [-0.25, -0.2) is 8.42 Å². The minimum atomic E-state index is -3.70. The van der Waals surface area contributed by atoms with E-state index in [0.29, 0.717) is 17.0 Å². The lowest BCUT2D eigenvalue weighted by Gasteiger charge is -2.19. The van der Waals surface area contributed by atoms with E-state index < -0.39 is 10.0 Å². The van der Waals surface area contributed by atoms with Crippen molar-refractivity contribution in [2.75, 3.05) is 4.72 Å². The Hall–Kier alpha value is -3.26. The van der Waals surface area contributed by atoms with E-state index in [1.165, 1.54) is 6.33 Å². The zero-order valence-corrected chi connectivity index (χ0v) is 17.2. The first kappa shape index (κ1) is 19.1. The van der Waals surface area contributed by atoms with E-state index in [2.05, 4.69) is 40.8 Å². The zero-order chi connectivity index (χ0) is 20.6. The van der Waals surface area contributed by atoms with Crippen LogP contribution in [0.1, 0.15) is 26.3 Å². The molecular formula is C21H21N5O2S. The van der Waals surface area contributed by atoms with E-state index in [0.717, 1.165) is 11.1 Å². The fourth-order valence-electron chi connectivity index (χ4n) is 2.97. The predicted molar refractivity (Wildman–Crippen MR) is 112 cm³/mol. The summed E-state index contributed by atoms with van der Waals surface area (Å²) in [6.07, 6.45) is 1.52. The van der Waals surface area contributed by atoms with E-state index in [1.54, 1.807) is 34.8 Å². The van der Waals surface area contributed by atoms with E-state index in [-0.39, 0.29) is 10.3 Å². The van der Waals surface area contributed by atoms with Crippen LogP contribution in [0.15, 0.2) is 71.9 Å². The standard InChI is InChI=1S/C21H21N5O2S/c1-21(2,3)16-7-9-18(10-8-16)29(27,28)25-17-6-4-5-15(13-17)19-11-12-20-23-22-14-26(20)24-19/h4-14,25H,1-3H3. The van der Waals surface area contributed by atoms with Crippen LogP contribution in [0.3, 0.4) is 0 Å². The van der Waals surface area contributed by atoms with Crippen LogP contribution >= 0.6 is 0 Å². The van der Waals surface area contributed by atoms with Crippen molar-refractivity contribution in [1.82, 2.24) is 19.8 Å². The van der Waals surface area contributed by atoms with Gasteiger partial charge in [0.2, 0.25) is 0 Å². The first-order valence-electron chi connectivity index (χ1n) is 9.13. The molecule has 0 fully saturated rings. The van der Waals surface area contributed by atoms with Crippen LogP contribution in [0.4, 0.5) is 5.69 Å². The second kappa shape index (κ2) is 6.97. The van der Waals surface area contributed by atoms with Crippen molar-refractivity contribution >= 4 is 21.4 Å². The third-order valence-corrected chi connectivity index (χ3v) is 6.00. The Bertz CT molecular complexity index is 1270. The Morgan fingerprint density at radius 3 is 2.45 bits per heavy atom. The van der Waals surface area contributed by atoms with Crippen LogP contribution in [0.5, 0.6) is 0 Å². The Morgan fingerprint density at radius 1 is 0.966 bits per heavy atom. The minimum absolute atomic E-state index is 0.0388. The second-order valence-corrected chi connectivity index (χ2v) is 9.50. The SMILES string of the molecule is CC(C)(C)c1ccc(S(=O)(=O)Nc2cccc(-c3ccc4nncn4n3)c2)cc1. The van der Waals surface area contributed by atoms with Crippen LogP contribution in [-0.4, -0.2) is 28.2 Å². The summed E-state index contributed by atoms with van der Waals surface area (Å²) in [5, 5.41) is 12.2. The Morgan fingerprint density at radius 2 is 1.72 bits per heavy atom. The van der Waals surface area contributed by atoms with Gasteiger partial charge in [0, 0.05) is 11.3 Å². The number of nitrogens with one attached hydrogen (secondary N) is 1. The predicted octanol–water partition coefficient (Wildman–Crippen LogP) is 3.89. The number of hydrogen-bond acceptors (Lipinski definition) is 5. The molecule has 29 heavy (non-hydrogen) atoms. The monoisotopic (exact) mass is 407 g/mol. The molecule has 0 unspecified atom stereocenters. The van der Waals surface area contributed by atoms with Gasteiger partial charge in [0.15, 0.2) is 5.65 Å². The topological polar surface area (TPSA) is 89.2 Å². The molecule has 0 aliphatic carbocycles. The van der Waals surface area contributed by atoms with Gasteiger partial charge in [-0.1, -0.05) is 45.0 Å². The maximum atomic E-state index is 12.8. The smallest absolute Gasteiger partial charge is 0.261 e. The zero-order valence-electron chi connectivity index (χ0n) is 16.4. The average molecular weight is 407 g/mol. The highest BCUT2D eigenvalue weighted by Crippen LogP contribution is 2.26. The highest BCUT2D eigenvalue weighted by molar-refractivity contribution is 7.92. The highest BCUT2D eigenvalue weighted by Gasteiger charge is 2.18. The molecule has 148 valence electrons. The fraction of sp³-hybridized carbons (Fsp3) is 0.190. The Labute approximate surface area is 169 Å². The largest absolute Gasteiger partial charge is 0.280 e. The molecular weight excluding hydrogens is 386 g/mol. The molecule has 2 heterocycles. The molecule has 1 N–H and O–H groups in total. The average Bonchev–Trinajstić information content (AvgIpc) is 3.15.